The van der Waals surface area contributed by atoms with E-state index in [1.165, 1.54) is 43.2 Å². The number of hydrogen-bond donors (Lipinski definition) is 3. The fourth-order valence-electron chi connectivity index (χ4n) is 5.70. The van der Waals surface area contributed by atoms with Crippen LogP contribution in [0.4, 0.5) is 5.69 Å². The van der Waals surface area contributed by atoms with E-state index in [0.717, 1.165) is 31.1 Å². The lowest BCUT2D eigenvalue weighted by atomic mass is 9.52. The third kappa shape index (κ3) is 1.56. The fraction of sp³-hybridized carbons (Fsp3) is 0.667. The van der Waals surface area contributed by atoms with Gasteiger partial charge in [0.2, 0.25) is 0 Å². The molecule has 4 aliphatic rings. The fourth-order valence-corrected chi connectivity index (χ4v) is 5.70. The summed E-state index contributed by atoms with van der Waals surface area (Å²) in [6.07, 6.45) is 7.57. The van der Waals surface area contributed by atoms with E-state index in [0.29, 0.717) is 24.1 Å². The third-order valence-corrected chi connectivity index (χ3v) is 6.54. The van der Waals surface area contributed by atoms with E-state index in [9.17, 15) is 5.11 Å². The molecule has 4 nitrogen and oxygen atoms in total. The van der Waals surface area contributed by atoms with Gasteiger partial charge in [-0.3, -0.25) is 0 Å². The molecule has 0 aromatic heterocycles. The summed E-state index contributed by atoms with van der Waals surface area (Å²) in [4.78, 5) is 0. The predicted octanol–water partition coefficient (Wildman–Crippen LogP) is 2.54. The van der Waals surface area contributed by atoms with Crippen molar-refractivity contribution in [3.8, 4) is 11.5 Å². The molecule has 1 saturated carbocycles. The van der Waals surface area contributed by atoms with E-state index in [4.69, 9.17) is 4.74 Å². The number of aromatic hydroxyl groups is 1. The van der Waals surface area contributed by atoms with Crippen molar-refractivity contribution < 1.29 is 9.84 Å². The maximum Gasteiger partial charge on any atom is 0.184 e. The highest BCUT2D eigenvalue weighted by Crippen LogP contribution is 2.57. The number of piperidine rings is 1. The summed E-state index contributed by atoms with van der Waals surface area (Å²) >= 11 is 0. The van der Waals surface area contributed by atoms with Gasteiger partial charge in [-0.05, 0) is 55.3 Å². The first-order chi connectivity index (χ1) is 10.8. The zero-order chi connectivity index (χ0) is 14.7. The highest BCUT2D eigenvalue weighted by Gasteiger charge is 2.52. The topological polar surface area (TPSA) is 53.5 Å². The molecule has 2 fully saturated rings. The maximum atomic E-state index is 10.5. The van der Waals surface area contributed by atoms with E-state index >= 15 is 0 Å². The van der Waals surface area contributed by atoms with Crippen molar-refractivity contribution in [1.29, 1.82) is 0 Å². The van der Waals surface area contributed by atoms with Crippen molar-refractivity contribution in [2.24, 2.45) is 5.92 Å². The quantitative estimate of drug-likeness (QED) is 0.689. The Balaban J connectivity index is 1.75. The van der Waals surface area contributed by atoms with Crippen LogP contribution in [-0.4, -0.2) is 30.8 Å². The van der Waals surface area contributed by atoms with E-state index < -0.39 is 0 Å². The molecule has 2 aliphatic heterocycles. The van der Waals surface area contributed by atoms with Crippen molar-refractivity contribution in [3.05, 3.63) is 17.2 Å². The number of rotatable bonds is 0. The lowest BCUT2D eigenvalue weighted by Gasteiger charge is -2.56. The van der Waals surface area contributed by atoms with E-state index in [2.05, 4.69) is 10.6 Å². The van der Waals surface area contributed by atoms with Crippen LogP contribution in [0.25, 0.3) is 0 Å². The molecule has 1 aromatic rings. The van der Waals surface area contributed by atoms with Crippen LogP contribution in [0.3, 0.4) is 0 Å². The van der Waals surface area contributed by atoms with Crippen molar-refractivity contribution in [2.45, 2.75) is 50.0 Å². The van der Waals surface area contributed by atoms with Gasteiger partial charge in [0.1, 0.15) is 6.61 Å². The molecule has 2 heterocycles. The molecular formula is C18H24N2O2. The largest absolute Gasteiger partial charge is 0.504 e. The molecule has 118 valence electrons. The number of nitrogens with one attached hydrogen (secondary N) is 2. The second-order valence-electron chi connectivity index (χ2n) is 7.42. The van der Waals surface area contributed by atoms with Crippen LogP contribution in [0.2, 0.25) is 0 Å². The Morgan fingerprint density at radius 3 is 3.14 bits per heavy atom. The zero-order valence-corrected chi connectivity index (χ0v) is 13.0. The van der Waals surface area contributed by atoms with Crippen LogP contribution < -0.4 is 15.4 Å². The van der Waals surface area contributed by atoms with Gasteiger partial charge in [-0.1, -0.05) is 12.8 Å². The van der Waals surface area contributed by atoms with Crippen LogP contribution in [0.15, 0.2) is 6.07 Å². The van der Waals surface area contributed by atoms with Gasteiger partial charge in [-0.25, -0.2) is 0 Å². The van der Waals surface area contributed by atoms with E-state index in [1.54, 1.807) is 0 Å². The first-order valence-electron chi connectivity index (χ1n) is 8.79. The van der Waals surface area contributed by atoms with E-state index in [1.807, 2.05) is 6.07 Å². The lowest BCUT2D eigenvalue weighted by molar-refractivity contribution is 0.0794. The van der Waals surface area contributed by atoms with Gasteiger partial charge in [0.05, 0.1) is 5.69 Å². The average Bonchev–Trinajstić information content (AvgIpc) is 2.56. The van der Waals surface area contributed by atoms with Gasteiger partial charge in [0, 0.05) is 18.0 Å². The Morgan fingerprint density at radius 2 is 2.18 bits per heavy atom. The Kier molecular flexibility index (Phi) is 2.70. The van der Waals surface area contributed by atoms with Crippen LogP contribution in [0.1, 0.15) is 43.2 Å². The van der Waals surface area contributed by atoms with Crippen LogP contribution in [0, 0.1) is 5.92 Å². The number of fused-ring (bicyclic) bond motifs is 3. The van der Waals surface area contributed by atoms with Crippen molar-refractivity contribution >= 4 is 5.69 Å². The SMILES string of the molecule is Oc1cc2c(c3c1OCCN3)C[C@@H]1NCC[C@]23CCCC[C@H]13. The van der Waals surface area contributed by atoms with E-state index in [-0.39, 0.29) is 5.41 Å². The van der Waals surface area contributed by atoms with Crippen molar-refractivity contribution in [2.75, 3.05) is 25.0 Å². The summed E-state index contributed by atoms with van der Waals surface area (Å²) in [5, 5.41) is 17.8. The van der Waals surface area contributed by atoms with Gasteiger partial charge in [0.25, 0.3) is 0 Å². The molecule has 0 unspecified atom stereocenters. The summed E-state index contributed by atoms with van der Waals surface area (Å²) in [7, 11) is 0. The summed E-state index contributed by atoms with van der Waals surface area (Å²) in [6, 6.07) is 2.64. The number of phenolic OH excluding ortho intramolecular Hbond substituents is 1. The minimum Gasteiger partial charge on any atom is -0.504 e. The third-order valence-electron chi connectivity index (χ3n) is 6.54. The number of hydrogen-bond acceptors (Lipinski definition) is 4. The highest BCUT2D eigenvalue weighted by atomic mass is 16.5. The van der Waals surface area contributed by atoms with Gasteiger partial charge < -0.3 is 20.5 Å². The Hall–Kier alpha value is -1.42. The molecule has 0 spiro atoms. The molecule has 2 bridgehead atoms. The molecule has 1 saturated heterocycles. The average molecular weight is 300 g/mol. The number of ether oxygens (including phenoxy) is 1. The van der Waals surface area contributed by atoms with Gasteiger partial charge in [-0.15, -0.1) is 0 Å². The molecule has 4 heteroatoms. The second kappa shape index (κ2) is 4.54. The lowest BCUT2D eigenvalue weighted by Crippen LogP contribution is -2.59. The molecule has 0 amide bonds. The van der Waals surface area contributed by atoms with Gasteiger partial charge >= 0.3 is 0 Å². The first-order valence-corrected chi connectivity index (χ1v) is 8.79. The minimum atomic E-state index is 0.285. The summed E-state index contributed by atoms with van der Waals surface area (Å²) in [5.74, 6) is 1.75. The standard InChI is InChI=1S/C18H24N2O2/c21-15-10-13-11(16-17(15)22-8-7-20-16)9-14-12-3-1-2-4-18(12,13)5-6-19-14/h10,12,14,19-21H,1-9H2/t12-,14+,18+/m1/s1. The Labute approximate surface area is 131 Å². The minimum absolute atomic E-state index is 0.285. The molecule has 3 atom stereocenters. The van der Waals surface area contributed by atoms with Gasteiger partial charge in [-0.2, -0.15) is 0 Å². The Bertz CT molecular complexity index is 626. The molecule has 2 aliphatic carbocycles. The first kappa shape index (κ1) is 13.1. The molecule has 5 rings (SSSR count). The predicted molar refractivity (Wildman–Crippen MR) is 85.8 cm³/mol. The maximum absolute atomic E-state index is 10.5. The van der Waals surface area contributed by atoms with Crippen molar-refractivity contribution in [3.63, 3.8) is 0 Å². The normalized spacial score (nSPS) is 35.5. The molecule has 22 heavy (non-hydrogen) atoms. The summed E-state index contributed by atoms with van der Waals surface area (Å²) in [5.41, 5.74) is 4.18. The summed E-state index contributed by atoms with van der Waals surface area (Å²) < 4.78 is 5.74. The van der Waals surface area contributed by atoms with Gasteiger partial charge in [0.15, 0.2) is 11.5 Å². The zero-order valence-electron chi connectivity index (χ0n) is 13.0. The molecule has 1 aromatic carbocycles. The van der Waals surface area contributed by atoms with Crippen LogP contribution in [-0.2, 0) is 11.8 Å². The molecule has 3 N–H and O–H groups in total. The molecular weight excluding hydrogens is 276 g/mol. The van der Waals surface area contributed by atoms with Crippen LogP contribution in [0.5, 0.6) is 11.5 Å². The van der Waals surface area contributed by atoms with Crippen molar-refractivity contribution in [1.82, 2.24) is 5.32 Å². The Morgan fingerprint density at radius 1 is 1.23 bits per heavy atom. The number of benzene rings is 1. The number of anilines is 1. The second-order valence-corrected chi connectivity index (χ2v) is 7.42. The number of phenols is 1. The smallest absolute Gasteiger partial charge is 0.184 e. The highest BCUT2D eigenvalue weighted by molar-refractivity contribution is 5.73. The monoisotopic (exact) mass is 300 g/mol. The van der Waals surface area contributed by atoms with Crippen LogP contribution >= 0.6 is 0 Å². The molecule has 0 radical (unpaired) electrons. The summed E-state index contributed by atoms with van der Waals surface area (Å²) in [6.45, 7) is 2.58.